The average molecular weight is 572 g/mol. The number of aromatic hydroxyl groups is 1. The lowest BCUT2D eigenvalue weighted by Crippen LogP contribution is -2.47. The van der Waals surface area contributed by atoms with E-state index in [-0.39, 0.29) is 36.8 Å². The average Bonchev–Trinajstić information content (AvgIpc) is 2.87. The maximum absolute atomic E-state index is 13.1. The number of anilines is 1. The van der Waals surface area contributed by atoms with Gasteiger partial charge in [0.1, 0.15) is 24.0 Å². The molecule has 11 heteroatoms. The largest absolute Gasteiger partial charge is 0.506 e. The minimum atomic E-state index is -1.01. The molecule has 0 aliphatic carbocycles. The molecule has 3 unspecified atom stereocenters. The number of carboxylic acid groups (broad SMARTS) is 1. The van der Waals surface area contributed by atoms with Gasteiger partial charge in [0.15, 0.2) is 0 Å². The summed E-state index contributed by atoms with van der Waals surface area (Å²) in [4.78, 5) is 49.4. The predicted molar refractivity (Wildman–Crippen MR) is 153 cm³/mol. The Labute approximate surface area is 240 Å². The van der Waals surface area contributed by atoms with Crippen LogP contribution in [0.25, 0.3) is 0 Å². The molecule has 0 fully saturated rings. The topological polar surface area (TPSA) is 163 Å². The van der Waals surface area contributed by atoms with E-state index in [0.29, 0.717) is 5.56 Å². The van der Waals surface area contributed by atoms with Crippen molar-refractivity contribution in [3.05, 3.63) is 59.7 Å². The molecule has 11 nitrogen and oxygen atoms in total. The number of amides is 3. The molecule has 0 bridgehead atoms. The van der Waals surface area contributed by atoms with Gasteiger partial charge in [0.2, 0.25) is 5.91 Å². The zero-order valence-electron chi connectivity index (χ0n) is 24.4. The maximum atomic E-state index is 13.1. The first kappa shape index (κ1) is 32.9. The van der Waals surface area contributed by atoms with E-state index in [1.54, 1.807) is 47.6 Å². The first-order chi connectivity index (χ1) is 19.1. The summed E-state index contributed by atoms with van der Waals surface area (Å²) in [7, 11) is 0. The Hall–Kier alpha value is -4.28. The molecule has 5 N–H and O–H groups in total. The fourth-order valence-corrected chi connectivity index (χ4v) is 3.93. The second-order valence-electron chi connectivity index (χ2n) is 11.3. The van der Waals surface area contributed by atoms with Gasteiger partial charge in [0.05, 0.1) is 11.6 Å². The Balaban J connectivity index is 2.13. The molecule has 0 saturated heterocycles. The highest BCUT2D eigenvalue weighted by Crippen LogP contribution is 2.26. The Bertz CT molecular complexity index is 1190. The molecular formula is C30H41N3O8. The van der Waals surface area contributed by atoms with Gasteiger partial charge in [0.25, 0.3) is 0 Å². The summed E-state index contributed by atoms with van der Waals surface area (Å²) in [5.41, 5.74) is 0.776. The molecule has 0 aliphatic heterocycles. The Morgan fingerprint density at radius 3 is 2.15 bits per heavy atom. The lowest BCUT2D eigenvalue weighted by Gasteiger charge is -2.25. The molecule has 3 amide bonds. The summed E-state index contributed by atoms with van der Waals surface area (Å²) in [6.07, 6.45) is -1.11. The number of benzene rings is 2. The van der Waals surface area contributed by atoms with Crippen molar-refractivity contribution in [1.29, 1.82) is 0 Å². The highest BCUT2D eigenvalue weighted by Gasteiger charge is 2.27. The van der Waals surface area contributed by atoms with Gasteiger partial charge in [0, 0.05) is 6.04 Å². The maximum Gasteiger partial charge on any atom is 0.408 e. The summed E-state index contributed by atoms with van der Waals surface area (Å²) in [6, 6.07) is 12.1. The molecular weight excluding hydrogens is 530 g/mol. The predicted octanol–water partition coefficient (Wildman–Crippen LogP) is 4.83. The third kappa shape index (κ3) is 11.8. The summed E-state index contributed by atoms with van der Waals surface area (Å²) >= 11 is 0. The quantitative estimate of drug-likeness (QED) is 0.226. The van der Waals surface area contributed by atoms with E-state index in [2.05, 4.69) is 16.0 Å². The number of phenols is 1. The van der Waals surface area contributed by atoms with Crippen molar-refractivity contribution in [2.75, 3.05) is 5.32 Å². The number of aliphatic carboxylic acids is 1. The lowest BCUT2D eigenvalue weighted by atomic mass is 9.96. The molecule has 0 radical (unpaired) electrons. The third-order valence-corrected chi connectivity index (χ3v) is 6.02. The molecule has 2 aromatic rings. The van der Waals surface area contributed by atoms with E-state index < -0.39 is 47.7 Å². The molecule has 0 spiro atoms. The van der Waals surface area contributed by atoms with Crippen LogP contribution in [0.5, 0.6) is 5.75 Å². The van der Waals surface area contributed by atoms with Crippen LogP contribution < -0.4 is 16.0 Å². The first-order valence-electron chi connectivity index (χ1n) is 13.5. The highest BCUT2D eigenvalue weighted by atomic mass is 16.6. The number of hydrogen-bond acceptors (Lipinski definition) is 7. The van der Waals surface area contributed by atoms with Crippen LogP contribution in [0.3, 0.4) is 0 Å². The van der Waals surface area contributed by atoms with Gasteiger partial charge in [-0.15, -0.1) is 0 Å². The zero-order valence-corrected chi connectivity index (χ0v) is 24.4. The highest BCUT2D eigenvalue weighted by molar-refractivity contribution is 5.97. The molecule has 0 heterocycles. The molecule has 41 heavy (non-hydrogen) atoms. The lowest BCUT2D eigenvalue weighted by molar-refractivity contribution is -0.141. The fourth-order valence-electron chi connectivity index (χ4n) is 3.93. The van der Waals surface area contributed by atoms with E-state index >= 15 is 0 Å². The number of carboxylic acids is 1. The Kier molecular flexibility index (Phi) is 12.0. The zero-order chi connectivity index (χ0) is 30.7. The van der Waals surface area contributed by atoms with Crippen LogP contribution in [0, 0.1) is 11.8 Å². The minimum absolute atomic E-state index is 0.0426. The van der Waals surface area contributed by atoms with Crippen LogP contribution >= 0.6 is 0 Å². The van der Waals surface area contributed by atoms with E-state index in [0.717, 1.165) is 5.56 Å². The van der Waals surface area contributed by atoms with Gasteiger partial charge in [-0.1, -0.05) is 57.2 Å². The Morgan fingerprint density at radius 1 is 0.902 bits per heavy atom. The van der Waals surface area contributed by atoms with Crippen molar-refractivity contribution in [2.24, 2.45) is 11.8 Å². The van der Waals surface area contributed by atoms with Crippen LogP contribution in [0.1, 0.15) is 59.1 Å². The number of rotatable bonds is 12. The van der Waals surface area contributed by atoms with Crippen LogP contribution in [0.4, 0.5) is 15.3 Å². The van der Waals surface area contributed by atoms with Gasteiger partial charge in [-0.3, -0.25) is 9.59 Å². The van der Waals surface area contributed by atoms with Gasteiger partial charge < -0.3 is 35.6 Å². The molecule has 224 valence electrons. The Morgan fingerprint density at radius 2 is 1.56 bits per heavy atom. The van der Waals surface area contributed by atoms with Crippen molar-refractivity contribution in [1.82, 2.24) is 10.6 Å². The molecule has 3 atom stereocenters. The standard InChI is InChI=1S/C30H41N3O8/c1-18(2)25(33-28(38)40-17-20-10-8-7-9-11-20)26(35)32-23-16-21(12-13-24(23)34)15-22(14-19(3)27(36)37)31-29(39)41-30(4,5)6/h7-13,16,18-19,22,25,34H,14-15,17H2,1-6H3,(H,31,39)(H,32,35)(H,33,38)(H,36,37). The van der Waals surface area contributed by atoms with E-state index in [1.165, 1.54) is 12.1 Å². The molecule has 0 aliphatic rings. The molecule has 0 saturated carbocycles. The number of phenolic OH excluding ortho intramolecular Hbond substituents is 1. The summed E-state index contributed by atoms with van der Waals surface area (Å²) in [5.74, 6) is -2.82. The van der Waals surface area contributed by atoms with Gasteiger partial charge >= 0.3 is 18.2 Å². The molecule has 0 aromatic heterocycles. The van der Waals surface area contributed by atoms with Crippen LogP contribution in [-0.4, -0.2) is 52.0 Å². The third-order valence-electron chi connectivity index (χ3n) is 6.02. The fraction of sp³-hybridized carbons (Fsp3) is 0.467. The van der Waals surface area contributed by atoms with Gasteiger partial charge in [-0.25, -0.2) is 9.59 Å². The monoisotopic (exact) mass is 571 g/mol. The normalized spacial score (nSPS) is 13.4. The minimum Gasteiger partial charge on any atom is -0.506 e. The van der Waals surface area contributed by atoms with Crippen molar-refractivity contribution >= 4 is 29.8 Å². The number of nitrogens with one attached hydrogen (secondary N) is 3. The summed E-state index contributed by atoms with van der Waals surface area (Å²) in [5, 5.41) is 27.8. The second-order valence-corrected chi connectivity index (χ2v) is 11.3. The molecule has 2 aromatic carbocycles. The summed E-state index contributed by atoms with van der Waals surface area (Å²) in [6.45, 7) is 10.3. The van der Waals surface area contributed by atoms with Crippen molar-refractivity contribution in [3.8, 4) is 5.75 Å². The number of alkyl carbamates (subject to hydrolysis) is 2. The number of carbonyl (C=O) groups is 4. The van der Waals surface area contributed by atoms with Crippen LogP contribution in [0.15, 0.2) is 48.5 Å². The SMILES string of the molecule is CC(CC(Cc1ccc(O)c(NC(=O)C(NC(=O)OCc2ccccc2)C(C)C)c1)NC(=O)OC(C)(C)C)C(=O)O. The second kappa shape index (κ2) is 14.9. The number of hydrogen-bond donors (Lipinski definition) is 5. The number of carbonyl (C=O) groups excluding carboxylic acids is 3. The van der Waals surface area contributed by atoms with Crippen molar-refractivity contribution < 1.29 is 38.9 Å². The van der Waals surface area contributed by atoms with Crippen molar-refractivity contribution in [3.63, 3.8) is 0 Å². The smallest absolute Gasteiger partial charge is 0.408 e. The first-order valence-corrected chi connectivity index (χ1v) is 13.5. The number of ether oxygens (including phenoxy) is 2. The van der Waals surface area contributed by atoms with E-state index in [9.17, 15) is 29.4 Å². The summed E-state index contributed by atoms with van der Waals surface area (Å²) < 4.78 is 10.6. The van der Waals surface area contributed by atoms with Gasteiger partial charge in [-0.05, 0) is 62.8 Å². The van der Waals surface area contributed by atoms with E-state index in [4.69, 9.17) is 9.47 Å². The van der Waals surface area contributed by atoms with Gasteiger partial charge in [-0.2, -0.15) is 0 Å². The molecule has 2 rings (SSSR count). The van der Waals surface area contributed by atoms with Crippen molar-refractivity contribution in [2.45, 2.75) is 78.7 Å². The van der Waals surface area contributed by atoms with E-state index in [1.807, 2.05) is 30.3 Å². The van der Waals surface area contributed by atoms with Crippen LogP contribution in [0.2, 0.25) is 0 Å². The van der Waals surface area contributed by atoms with Crippen LogP contribution in [-0.2, 0) is 32.1 Å².